The fraction of sp³-hybridized carbons (Fsp3) is 0.0769. The van der Waals surface area contributed by atoms with Gasteiger partial charge in [0.05, 0.1) is 0 Å². The second-order valence-electron chi connectivity index (χ2n) is 3.48. The van der Waals surface area contributed by atoms with E-state index < -0.39 is 0 Å². The van der Waals surface area contributed by atoms with Crippen LogP contribution < -0.4 is 5.46 Å². The summed E-state index contributed by atoms with van der Waals surface area (Å²) in [6, 6.07) is 8.56. The molecule has 0 nitrogen and oxygen atoms in total. The molecule has 0 spiro atoms. The largest absolute Gasteiger partial charge is 0.193 e. The fourth-order valence-corrected chi connectivity index (χ4v) is 1.96. The van der Waals surface area contributed by atoms with E-state index in [1.54, 1.807) is 0 Å². The third-order valence-corrected chi connectivity index (χ3v) is 2.61. The Morgan fingerprint density at radius 3 is 2.79 bits per heavy atom. The lowest BCUT2D eigenvalue weighted by molar-refractivity contribution is 1.66. The molecule has 14 heavy (non-hydrogen) atoms. The fourth-order valence-electron chi connectivity index (χ4n) is 1.96. The highest BCUT2D eigenvalue weighted by Gasteiger charge is 2.17. The second-order valence-corrected chi connectivity index (χ2v) is 3.48. The summed E-state index contributed by atoms with van der Waals surface area (Å²) in [5.41, 5.74) is 5.44. The molecule has 0 fully saturated rings. The van der Waals surface area contributed by atoms with E-state index in [0.717, 1.165) is 7.28 Å². The minimum atomic E-state index is 1.03. The van der Waals surface area contributed by atoms with Gasteiger partial charge in [-0.25, -0.2) is 0 Å². The molecule has 0 saturated heterocycles. The van der Waals surface area contributed by atoms with Crippen LogP contribution >= 0.6 is 0 Å². The molecule has 0 amide bonds. The molecule has 0 N–H and O–H groups in total. The van der Waals surface area contributed by atoms with Crippen LogP contribution in [0.25, 0.3) is 5.57 Å². The molecular formula is C13H13B. The zero-order chi connectivity index (χ0) is 9.97. The van der Waals surface area contributed by atoms with Crippen LogP contribution in [0, 0.1) is 0 Å². The molecule has 1 aromatic carbocycles. The first-order chi connectivity index (χ1) is 6.86. The summed E-state index contributed by atoms with van der Waals surface area (Å²) in [5, 5.41) is 0. The van der Waals surface area contributed by atoms with Crippen LogP contribution in [0.4, 0.5) is 0 Å². The normalized spacial score (nSPS) is 14.4. The maximum atomic E-state index is 3.87. The van der Waals surface area contributed by atoms with Gasteiger partial charge < -0.3 is 0 Å². The van der Waals surface area contributed by atoms with Crippen molar-refractivity contribution in [1.29, 1.82) is 0 Å². The molecule has 1 aliphatic rings. The molecule has 0 atom stereocenters. The van der Waals surface area contributed by atoms with Crippen LogP contribution in [-0.4, -0.2) is 7.28 Å². The number of allylic oxidation sites excluding steroid dienone is 5. The SMILES string of the molecule is C=CC1=C(/C=C\C)c2ccccc2B1. The molecule has 0 radical (unpaired) electrons. The van der Waals surface area contributed by atoms with Crippen molar-refractivity contribution < 1.29 is 0 Å². The first-order valence-corrected chi connectivity index (χ1v) is 4.93. The predicted molar refractivity (Wildman–Crippen MR) is 65.2 cm³/mol. The monoisotopic (exact) mass is 180 g/mol. The highest BCUT2D eigenvalue weighted by Crippen LogP contribution is 2.24. The number of rotatable bonds is 2. The molecule has 1 heterocycles. The Bertz CT molecular complexity index is 425. The lowest BCUT2D eigenvalue weighted by Crippen LogP contribution is -2.12. The quantitative estimate of drug-likeness (QED) is 0.612. The van der Waals surface area contributed by atoms with E-state index in [2.05, 4.69) is 49.9 Å². The van der Waals surface area contributed by atoms with Crippen LogP contribution in [0.1, 0.15) is 12.5 Å². The lowest BCUT2D eigenvalue weighted by Gasteiger charge is -2.00. The summed E-state index contributed by atoms with van der Waals surface area (Å²) in [7, 11) is 1.03. The van der Waals surface area contributed by atoms with Gasteiger partial charge in [0.25, 0.3) is 0 Å². The third-order valence-electron chi connectivity index (χ3n) is 2.61. The van der Waals surface area contributed by atoms with Gasteiger partial charge >= 0.3 is 0 Å². The Labute approximate surface area is 85.9 Å². The Morgan fingerprint density at radius 1 is 1.29 bits per heavy atom. The molecule has 0 unspecified atom stereocenters. The van der Waals surface area contributed by atoms with Gasteiger partial charge in [-0.3, -0.25) is 0 Å². The summed E-state index contributed by atoms with van der Waals surface area (Å²) in [6.07, 6.45) is 6.22. The van der Waals surface area contributed by atoms with Crippen molar-refractivity contribution in [2.75, 3.05) is 0 Å². The van der Waals surface area contributed by atoms with E-state index in [0.29, 0.717) is 0 Å². The van der Waals surface area contributed by atoms with E-state index in [4.69, 9.17) is 0 Å². The minimum absolute atomic E-state index is 1.03. The highest BCUT2D eigenvalue weighted by atomic mass is 14.1. The minimum Gasteiger partial charge on any atom is -0.0996 e. The van der Waals surface area contributed by atoms with E-state index in [-0.39, 0.29) is 0 Å². The molecule has 0 aliphatic carbocycles. The maximum absolute atomic E-state index is 3.87. The molecule has 0 saturated carbocycles. The van der Waals surface area contributed by atoms with Crippen LogP contribution in [0.15, 0.2) is 54.5 Å². The first-order valence-electron chi connectivity index (χ1n) is 4.93. The van der Waals surface area contributed by atoms with Crippen molar-refractivity contribution in [3.8, 4) is 0 Å². The first kappa shape index (κ1) is 9.08. The van der Waals surface area contributed by atoms with Gasteiger partial charge in [-0.05, 0) is 18.1 Å². The van der Waals surface area contributed by atoms with Gasteiger partial charge in [0.2, 0.25) is 0 Å². The number of hydrogen-bond donors (Lipinski definition) is 0. The summed E-state index contributed by atoms with van der Waals surface area (Å²) in [6.45, 7) is 5.92. The molecular weight excluding hydrogens is 167 g/mol. The molecule has 1 aromatic rings. The molecule has 0 bridgehead atoms. The lowest BCUT2D eigenvalue weighted by atomic mass is 9.67. The average molecular weight is 180 g/mol. The van der Waals surface area contributed by atoms with E-state index in [1.807, 2.05) is 6.08 Å². The summed E-state index contributed by atoms with van der Waals surface area (Å²) in [5.74, 6) is 0. The topological polar surface area (TPSA) is 0 Å². The van der Waals surface area contributed by atoms with Crippen LogP contribution in [-0.2, 0) is 0 Å². The van der Waals surface area contributed by atoms with Crippen molar-refractivity contribution in [1.82, 2.24) is 0 Å². The van der Waals surface area contributed by atoms with Crippen molar-refractivity contribution in [2.45, 2.75) is 6.92 Å². The number of hydrogen-bond acceptors (Lipinski definition) is 0. The smallest absolute Gasteiger partial charge is 0.0996 e. The third kappa shape index (κ3) is 1.35. The van der Waals surface area contributed by atoms with Crippen molar-refractivity contribution in [3.05, 3.63) is 60.1 Å². The van der Waals surface area contributed by atoms with Gasteiger partial charge in [0, 0.05) is 0 Å². The Kier molecular flexibility index (Phi) is 2.40. The van der Waals surface area contributed by atoms with Gasteiger partial charge in [0.1, 0.15) is 0 Å². The van der Waals surface area contributed by atoms with E-state index in [9.17, 15) is 0 Å². The van der Waals surface area contributed by atoms with Gasteiger partial charge in [-0.2, -0.15) is 0 Å². The predicted octanol–water partition coefficient (Wildman–Crippen LogP) is 2.24. The average Bonchev–Trinajstić information content (AvgIpc) is 2.58. The standard InChI is InChI=1S/C13H13B/c1-3-7-10-11-8-5-6-9-13(11)14-12(10)4-2/h3-9,14H,2H2,1H3/b7-3-. The summed E-state index contributed by atoms with van der Waals surface area (Å²) >= 11 is 0. The van der Waals surface area contributed by atoms with E-state index in [1.165, 1.54) is 22.1 Å². The highest BCUT2D eigenvalue weighted by molar-refractivity contribution is 6.67. The van der Waals surface area contributed by atoms with Crippen molar-refractivity contribution >= 4 is 18.3 Å². The second kappa shape index (κ2) is 3.71. The van der Waals surface area contributed by atoms with Crippen LogP contribution in [0.5, 0.6) is 0 Å². The van der Waals surface area contributed by atoms with E-state index >= 15 is 0 Å². The zero-order valence-corrected chi connectivity index (χ0v) is 8.46. The molecule has 1 heteroatoms. The number of benzene rings is 1. The van der Waals surface area contributed by atoms with Crippen molar-refractivity contribution in [2.24, 2.45) is 0 Å². The van der Waals surface area contributed by atoms with Crippen molar-refractivity contribution in [3.63, 3.8) is 0 Å². The molecule has 0 aromatic heterocycles. The maximum Gasteiger partial charge on any atom is 0.193 e. The Balaban J connectivity index is 2.56. The summed E-state index contributed by atoms with van der Waals surface area (Å²) in [4.78, 5) is 0. The number of fused-ring (bicyclic) bond motifs is 1. The molecule has 68 valence electrons. The van der Waals surface area contributed by atoms with Crippen LogP contribution in [0.3, 0.4) is 0 Å². The van der Waals surface area contributed by atoms with Gasteiger partial charge in [0.15, 0.2) is 7.28 Å². The zero-order valence-electron chi connectivity index (χ0n) is 8.46. The van der Waals surface area contributed by atoms with Crippen LogP contribution in [0.2, 0.25) is 0 Å². The van der Waals surface area contributed by atoms with Gasteiger partial charge in [-0.15, -0.1) is 0 Å². The summed E-state index contributed by atoms with van der Waals surface area (Å²) < 4.78 is 0. The van der Waals surface area contributed by atoms with Gasteiger partial charge in [-0.1, -0.05) is 60.0 Å². The molecule has 1 aliphatic heterocycles. The Hall–Kier alpha value is -1.50. The molecule has 2 rings (SSSR count). The Morgan fingerprint density at radius 2 is 2.07 bits per heavy atom.